The second kappa shape index (κ2) is 9.04. The second-order valence-electron chi connectivity index (χ2n) is 5.70. The van der Waals surface area contributed by atoms with Gasteiger partial charge in [0, 0.05) is 6.04 Å². The van der Waals surface area contributed by atoms with Crippen molar-refractivity contribution < 1.29 is 0 Å². The van der Waals surface area contributed by atoms with Crippen molar-refractivity contribution in [3.8, 4) is 0 Å². The molecule has 1 fully saturated rings. The van der Waals surface area contributed by atoms with Crippen LogP contribution in [0.3, 0.4) is 0 Å². The van der Waals surface area contributed by atoms with Crippen molar-refractivity contribution >= 4 is 0 Å². The summed E-state index contributed by atoms with van der Waals surface area (Å²) in [6, 6.07) is 0.517. The van der Waals surface area contributed by atoms with Crippen LogP contribution in [0.2, 0.25) is 0 Å². The molecule has 1 nitrogen and oxygen atoms in total. The van der Waals surface area contributed by atoms with Gasteiger partial charge in [0.05, 0.1) is 0 Å². The quantitative estimate of drug-likeness (QED) is 0.598. The van der Waals surface area contributed by atoms with Gasteiger partial charge in [0.2, 0.25) is 0 Å². The Bertz CT molecular complexity index is 156. The molecule has 96 valence electrons. The molecule has 0 aromatic rings. The predicted octanol–water partition coefficient (Wildman–Crippen LogP) is 4.64. The average molecular weight is 225 g/mol. The Morgan fingerprint density at radius 3 is 2.31 bits per heavy atom. The van der Waals surface area contributed by atoms with Crippen molar-refractivity contribution in [1.82, 2.24) is 0 Å². The predicted molar refractivity (Wildman–Crippen MR) is 72.5 cm³/mol. The lowest BCUT2D eigenvalue weighted by molar-refractivity contribution is 0.298. The number of unbranched alkanes of at least 4 members (excludes halogenated alkanes) is 6. The molecule has 1 aliphatic carbocycles. The maximum absolute atomic E-state index is 6.01. The standard InChI is InChI=1S/C15H31N/c1-2-3-4-5-6-7-8-10-14-11-9-12-15(16)13-14/h14-15H,2-13,16H2,1H3. The van der Waals surface area contributed by atoms with Crippen LogP contribution >= 0.6 is 0 Å². The molecule has 1 heteroatoms. The van der Waals surface area contributed by atoms with Crippen molar-refractivity contribution in [2.75, 3.05) is 0 Å². The molecular weight excluding hydrogens is 194 g/mol. The molecule has 1 rings (SSSR count). The van der Waals surface area contributed by atoms with Crippen LogP contribution in [0.15, 0.2) is 0 Å². The van der Waals surface area contributed by atoms with Gasteiger partial charge in [-0.25, -0.2) is 0 Å². The number of hydrogen-bond acceptors (Lipinski definition) is 1. The fraction of sp³-hybridized carbons (Fsp3) is 1.00. The van der Waals surface area contributed by atoms with Crippen LogP contribution in [0, 0.1) is 5.92 Å². The fourth-order valence-electron chi connectivity index (χ4n) is 2.98. The normalized spacial score (nSPS) is 25.9. The summed E-state index contributed by atoms with van der Waals surface area (Å²) < 4.78 is 0. The first kappa shape index (κ1) is 14.0. The molecular formula is C15H31N. The number of rotatable bonds is 8. The van der Waals surface area contributed by atoms with E-state index in [1.54, 1.807) is 0 Å². The number of hydrogen-bond donors (Lipinski definition) is 1. The van der Waals surface area contributed by atoms with E-state index in [-0.39, 0.29) is 0 Å². The van der Waals surface area contributed by atoms with Crippen LogP contribution in [0.5, 0.6) is 0 Å². The molecule has 0 radical (unpaired) electrons. The maximum atomic E-state index is 6.01. The lowest BCUT2D eigenvalue weighted by atomic mass is 9.83. The first-order valence-corrected chi connectivity index (χ1v) is 7.58. The lowest BCUT2D eigenvalue weighted by Crippen LogP contribution is -2.27. The first-order valence-electron chi connectivity index (χ1n) is 7.58. The third-order valence-electron chi connectivity index (χ3n) is 4.04. The zero-order chi connectivity index (χ0) is 11.6. The van der Waals surface area contributed by atoms with Crippen molar-refractivity contribution in [3.05, 3.63) is 0 Å². The van der Waals surface area contributed by atoms with E-state index in [1.807, 2.05) is 0 Å². The molecule has 2 atom stereocenters. The van der Waals surface area contributed by atoms with Crippen molar-refractivity contribution in [1.29, 1.82) is 0 Å². The van der Waals surface area contributed by atoms with E-state index in [0.717, 1.165) is 5.92 Å². The highest BCUT2D eigenvalue weighted by molar-refractivity contribution is 4.74. The van der Waals surface area contributed by atoms with Crippen LogP contribution in [0.4, 0.5) is 0 Å². The Balaban J connectivity index is 1.86. The summed E-state index contributed by atoms with van der Waals surface area (Å²) in [5.41, 5.74) is 6.01. The highest BCUT2D eigenvalue weighted by atomic mass is 14.6. The Morgan fingerprint density at radius 1 is 0.938 bits per heavy atom. The monoisotopic (exact) mass is 225 g/mol. The van der Waals surface area contributed by atoms with Crippen molar-refractivity contribution in [3.63, 3.8) is 0 Å². The summed E-state index contributed by atoms with van der Waals surface area (Å²) in [6.45, 7) is 2.28. The largest absolute Gasteiger partial charge is 0.328 e. The maximum Gasteiger partial charge on any atom is 0.00414 e. The smallest absolute Gasteiger partial charge is 0.00414 e. The molecule has 0 bridgehead atoms. The molecule has 0 saturated heterocycles. The van der Waals surface area contributed by atoms with Gasteiger partial charge in [-0.05, 0) is 18.8 Å². The van der Waals surface area contributed by atoms with E-state index in [0.29, 0.717) is 6.04 Å². The summed E-state index contributed by atoms with van der Waals surface area (Å²) in [7, 11) is 0. The molecule has 0 aromatic carbocycles. The lowest BCUT2D eigenvalue weighted by Gasteiger charge is -2.26. The molecule has 0 spiro atoms. The van der Waals surface area contributed by atoms with E-state index < -0.39 is 0 Å². The van der Waals surface area contributed by atoms with E-state index in [4.69, 9.17) is 5.73 Å². The third-order valence-corrected chi connectivity index (χ3v) is 4.04. The second-order valence-corrected chi connectivity index (χ2v) is 5.70. The highest BCUT2D eigenvalue weighted by Gasteiger charge is 2.18. The Morgan fingerprint density at radius 2 is 1.62 bits per heavy atom. The molecule has 0 amide bonds. The molecule has 2 unspecified atom stereocenters. The van der Waals surface area contributed by atoms with E-state index in [2.05, 4.69) is 6.92 Å². The summed E-state index contributed by atoms with van der Waals surface area (Å²) in [6.07, 6.45) is 16.9. The van der Waals surface area contributed by atoms with Gasteiger partial charge in [0.25, 0.3) is 0 Å². The van der Waals surface area contributed by atoms with Crippen molar-refractivity contribution in [2.45, 2.75) is 90.0 Å². The van der Waals surface area contributed by atoms with Crippen LogP contribution in [-0.4, -0.2) is 6.04 Å². The Kier molecular flexibility index (Phi) is 7.92. The molecule has 1 aliphatic rings. The van der Waals surface area contributed by atoms with Gasteiger partial charge >= 0.3 is 0 Å². The topological polar surface area (TPSA) is 26.0 Å². The SMILES string of the molecule is CCCCCCCCCC1CCCC(N)C1. The van der Waals surface area contributed by atoms with E-state index in [9.17, 15) is 0 Å². The Labute approximate surface area is 102 Å². The van der Waals surface area contributed by atoms with Crippen LogP contribution in [0.25, 0.3) is 0 Å². The van der Waals surface area contributed by atoms with Gasteiger partial charge in [0.15, 0.2) is 0 Å². The minimum absolute atomic E-state index is 0.517. The van der Waals surface area contributed by atoms with Gasteiger partial charge in [-0.3, -0.25) is 0 Å². The van der Waals surface area contributed by atoms with Crippen LogP contribution < -0.4 is 5.73 Å². The van der Waals surface area contributed by atoms with Gasteiger partial charge in [-0.15, -0.1) is 0 Å². The van der Waals surface area contributed by atoms with E-state index >= 15 is 0 Å². The highest BCUT2D eigenvalue weighted by Crippen LogP contribution is 2.27. The molecule has 1 saturated carbocycles. The third kappa shape index (κ3) is 6.52. The van der Waals surface area contributed by atoms with E-state index in [1.165, 1.54) is 77.0 Å². The zero-order valence-corrected chi connectivity index (χ0v) is 11.2. The van der Waals surface area contributed by atoms with Crippen LogP contribution in [-0.2, 0) is 0 Å². The minimum atomic E-state index is 0.517. The summed E-state index contributed by atoms with van der Waals surface area (Å²) in [5.74, 6) is 0.958. The van der Waals surface area contributed by atoms with Gasteiger partial charge < -0.3 is 5.73 Å². The molecule has 16 heavy (non-hydrogen) atoms. The van der Waals surface area contributed by atoms with Gasteiger partial charge in [-0.2, -0.15) is 0 Å². The van der Waals surface area contributed by atoms with Gasteiger partial charge in [-0.1, -0.05) is 71.1 Å². The Hall–Kier alpha value is -0.0400. The van der Waals surface area contributed by atoms with Gasteiger partial charge in [0.1, 0.15) is 0 Å². The van der Waals surface area contributed by atoms with Crippen LogP contribution in [0.1, 0.15) is 84.0 Å². The molecule has 0 aliphatic heterocycles. The minimum Gasteiger partial charge on any atom is -0.328 e. The first-order chi connectivity index (χ1) is 7.83. The average Bonchev–Trinajstić information content (AvgIpc) is 2.28. The molecule has 2 N–H and O–H groups in total. The van der Waals surface area contributed by atoms with Crippen molar-refractivity contribution in [2.24, 2.45) is 11.7 Å². The molecule has 0 aromatic heterocycles. The fourth-order valence-corrected chi connectivity index (χ4v) is 2.98. The molecule has 0 heterocycles. The summed E-state index contributed by atoms with van der Waals surface area (Å²) in [4.78, 5) is 0. The zero-order valence-electron chi connectivity index (χ0n) is 11.2. The summed E-state index contributed by atoms with van der Waals surface area (Å²) >= 11 is 0. The number of nitrogens with two attached hydrogens (primary N) is 1. The summed E-state index contributed by atoms with van der Waals surface area (Å²) in [5, 5.41) is 0.